The number of hydrogen-bond acceptors (Lipinski definition) is 3. The van der Waals surface area contributed by atoms with Crippen LogP contribution in [0.1, 0.15) is 12.8 Å². The van der Waals surface area contributed by atoms with E-state index in [-0.39, 0.29) is 5.97 Å². The zero-order valence-corrected chi connectivity index (χ0v) is 9.76. The molecule has 0 aromatic heterocycles. The number of carbonyl (C=O) groups is 1. The SMILES string of the molecule is COC(=O)C1=CC2CC3CSCC(C2)C13. The third-order valence-corrected chi connectivity index (χ3v) is 5.41. The maximum atomic E-state index is 11.7. The fraction of sp³-hybridized carbons (Fsp3) is 0.750. The van der Waals surface area contributed by atoms with Gasteiger partial charge in [0.25, 0.3) is 0 Å². The average molecular weight is 224 g/mol. The minimum Gasteiger partial charge on any atom is -0.466 e. The van der Waals surface area contributed by atoms with Crippen molar-refractivity contribution in [2.24, 2.45) is 23.7 Å². The van der Waals surface area contributed by atoms with Crippen LogP contribution in [0.25, 0.3) is 0 Å². The molecule has 0 amide bonds. The van der Waals surface area contributed by atoms with E-state index in [0.717, 1.165) is 17.4 Å². The predicted octanol–water partition coefficient (Wildman–Crippen LogP) is 2.10. The van der Waals surface area contributed by atoms with Crippen LogP contribution < -0.4 is 0 Å². The first-order valence-corrected chi connectivity index (χ1v) is 6.83. The van der Waals surface area contributed by atoms with Gasteiger partial charge in [-0.05, 0) is 48.0 Å². The van der Waals surface area contributed by atoms with Gasteiger partial charge in [-0.25, -0.2) is 4.79 Å². The molecule has 0 spiro atoms. The second kappa shape index (κ2) is 3.55. The van der Waals surface area contributed by atoms with Crippen LogP contribution in [-0.2, 0) is 9.53 Å². The maximum Gasteiger partial charge on any atom is 0.333 e. The third kappa shape index (κ3) is 1.43. The zero-order valence-electron chi connectivity index (χ0n) is 8.94. The molecule has 1 aliphatic heterocycles. The van der Waals surface area contributed by atoms with Crippen molar-refractivity contribution < 1.29 is 9.53 Å². The van der Waals surface area contributed by atoms with E-state index in [0.29, 0.717) is 11.8 Å². The number of carbonyl (C=O) groups excluding carboxylic acids is 1. The van der Waals surface area contributed by atoms with E-state index in [1.54, 1.807) is 0 Å². The standard InChI is InChI=1S/C12H16O2S/c1-14-12(13)10-4-7-2-8-5-15-6-9(3-7)11(8)10/h4,7-9,11H,2-3,5-6H2,1H3. The summed E-state index contributed by atoms with van der Waals surface area (Å²) in [7, 11) is 1.50. The van der Waals surface area contributed by atoms with E-state index in [1.807, 2.05) is 0 Å². The number of methoxy groups -OCH3 is 1. The van der Waals surface area contributed by atoms with Crippen LogP contribution in [0, 0.1) is 23.7 Å². The summed E-state index contributed by atoms with van der Waals surface area (Å²) in [4.78, 5) is 11.7. The molecule has 2 unspecified atom stereocenters. The second-order valence-electron chi connectivity index (χ2n) is 4.93. The van der Waals surface area contributed by atoms with Gasteiger partial charge < -0.3 is 4.74 Å². The molecule has 2 atom stereocenters. The molecule has 1 heterocycles. The zero-order chi connectivity index (χ0) is 10.4. The van der Waals surface area contributed by atoms with E-state index in [4.69, 9.17) is 4.74 Å². The average Bonchev–Trinajstić information content (AvgIpc) is 2.27. The molecular weight excluding hydrogens is 208 g/mol. The fourth-order valence-electron chi connectivity index (χ4n) is 3.60. The molecule has 4 bridgehead atoms. The van der Waals surface area contributed by atoms with E-state index >= 15 is 0 Å². The van der Waals surface area contributed by atoms with Gasteiger partial charge in [-0.2, -0.15) is 11.8 Å². The summed E-state index contributed by atoms with van der Waals surface area (Å²) in [6, 6.07) is 0. The van der Waals surface area contributed by atoms with Crippen LogP contribution in [0.4, 0.5) is 0 Å². The lowest BCUT2D eigenvalue weighted by Crippen LogP contribution is -2.44. The first-order chi connectivity index (χ1) is 7.29. The molecule has 2 fully saturated rings. The number of thioether (sulfide) groups is 1. The summed E-state index contributed by atoms with van der Waals surface area (Å²) in [6.07, 6.45) is 4.79. The van der Waals surface area contributed by atoms with Crippen molar-refractivity contribution in [3.63, 3.8) is 0 Å². The largest absolute Gasteiger partial charge is 0.466 e. The van der Waals surface area contributed by atoms with Gasteiger partial charge in [0.2, 0.25) is 0 Å². The number of esters is 1. The Morgan fingerprint density at radius 1 is 1.40 bits per heavy atom. The van der Waals surface area contributed by atoms with Gasteiger partial charge in [0.15, 0.2) is 0 Å². The molecule has 82 valence electrons. The molecule has 0 aromatic carbocycles. The monoisotopic (exact) mass is 224 g/mol. The predicted molar refractivity (Wildman–Crippen MR) is 60.6 cm³/mol. The van der Waals surface area contributed by atoms with E-state index < -0.39 is 0 Å². The highest BCUT2D eigenvalue weighted by Gasteiger charge is 2.47. The molecule has 1 saturated carbocycles. The Morgan fingerprint density at radius 3 is 2.67 bits per heavy atom. The summed E-state index contributed by atoms with van der Waals surface area (Å²) in [5.74, 6) is 5.06. The minimum absolute atomic E-state index is 0.0775. The van der Waals surface area contributed by atoms with Crippen molar-refractivity contribution in [1.29, 1.82) is 0 Å². The lowest BCUT2D eigenvalue weighted by molar-refractivity contribution is -0.137. The van der Waals surface area contributed by atoms with Crippen LogP contribution in [-0.4, -0.2) is 24.6 Å². The topological polar surface area (TPSA) is 26.3 Å². The summed E-state index contributed by atoms with van der Waals surface area (Å²) in [5, 5.41) is 0. The van der Waals surface area contributed by atoms with Crippen LogP contribution in [0.5, 0.6) is 0 Å². The van der Waals surface area contributed by atoms with Gasteiger partial charge in [-0.15, -0.1) is 0 Å². The Morgan fingerprint density at radius 2 is 2.07 bits per heavy atom. The van der Waals surface area contributed by atoms with Crippen molar-refractivity contribution in [2.45, 2.75) is 12.8 Å². The van der Waals surface area contributed by atoms with Gasteiger partial charge in [0.1, 0.15) is 0 Å². The van der Waals surface area contributed by atoms with Crippen molar-refractivity contribution in [1.82, 2.24) is 0 Å². The Kier molecular flexibility index (Phi) is 2.31. The van der Waals surface area contributed by atoms with Gasteiger partial charge in [0, 0.05) is 5.57 Å². The molecule has 1 saturated heterocycles. The Bertz CT molecular complexity index is 310. The summed E-state index contributed by atoms with van der Waals surface area (Å²) >= 11 is 2.07. The molecule has 4 aliphatic rings. The number of ether oxygens (including phenoxy) is 1. The van der Waals surface area contributed by atoms with Gasteiger partial charge >= 0.3 is 5.97 Å². The number of hydrogen-bond donors (Lipinski definition) is 0. The quantitative estimate of drug-likeness (QED) is 0.638. The second-order valence-corrected chi connectivity index (χ2v) is 6.00. The van der Waals surface area contributed by atoms with Crippen molar-refractivity contribution in [2.75, 3.05) is 18.6 Å². The van der Waals surface area contributed by atoms with E-state index in [2.05, 4.69) is 17.8 Å². The highest BCUT2D eigenvalue weighted by Crippen LogP contribution is 2.52. The molecule has 0 aromatic rings. The first kappa shape index (κ1) is 9.76. The van der Waals surface area contributed by atoms with E-state index in [1.165, 1.54) is 31.5 Å². The van der Waals surface area contributed by atoms with Gasteiger partial charge in [0.05, 0.1) is 7.11 Å². The van der Waals surface area contributed by atoms with Crippen molar-refractivity contribution in [3.05, 3.63) is 11.6 Å². The minimum atomic E-state index is -0.0775. The lowest BCUT2D eigenvalue weighted by atomic mass is 9.60. The summed E-state index contributed by atoms with van der Waals surface area (Å²) in [6.45, 7) is 0. The molecule has 15 heavy (non-hydrogen) atoms. The van der Waals surface area contributed by atoms with Crippen LogP contribution >= 0.6 is 11.8 Å². The Balaban J connectivity index is 1.94. The Labute approximate surface area is 94.4 Å². The number of allylic oxidation sites excluding steroid dienone is 1. The summed E-state index contributed by atoms with van der Waals surface area (Å²) in [5.41, 5.74) is 0.996. The fourth-order valence-corrected chi connectivity index (χ4v) is 5.03. The van der Waals surface area contributed by atoms with Crippen molar-refractivity contribution in [3.8, 4) is 0 Å². The van der Waals surface area contributed by atoms with Gasteiger partial charge in [-0.3, -0.25) is 0 Å². The molecule has 4 rings (SSSR count). The number of rotatable bonds is 1. The molecule has 0 radical (unpaired) electrons. The molecule has 3 heteroatoms. The maximum absolute atomic E-state index is 11.7. The first-order valence-electron chi connectivity index (χ1n) is 5.67. The highest BCUT2D eigenvalue weighted by atomic mass is 32.2. The molecule has 3 aliphatic carbocycles. The highest BCUT2D eigenvalue weighted by molar-refractivity contribution is 7.99. The van der Waals surface area contributed by atoms with Crippen LogP contribution in [0.15, 0.2) is 11.6 Å². The van der Waals surface area contributed by atoms with Crippen molar-refractivity contribution >= 4 is 17.7 Å². The summed E-state index contributed by atoms with van der Waals surface area (Å²) < 4.78 is 4.89. The van der Waals surface area contributed by atoms with Crippen LogP contribution in [0.2, 0.25) is 0 Å². The third-order valence-electron chi connectivity index (χ3n) is 4.09. The normalized spacial score (nSPS) is 42.3. The molecular formula is C12H16O2S. The van der Waals surface area contributed by atoms with Crippen LogP contribution in [0.3, 0.4) is 0 Å². The lowest BCUT2D eigenvalue weighted by Gasteiger charge is -2.49. The van der Waals surface area contributed by atoms with Gasteiger partial charge in [-0.1, -0.05) is 6.08 Å². The Hall–Kier alpha value is -0.440. The molecule has 2 nitrogen and oxygen atoms in total. The smallest absolute Gasteiger partial charge is 0.333 e. The molecule has 0 N–H and O–H groups in total. The van der Waals surface area contributed by atoms with E-state index in [9.17, 15) is 4.79 Å².